The summed E-state index contributed by atoms with van der Waals surface area (Å²) in [5.74, 6) is 1.37. The number of amides is 1. The smallest absolute Gasteiger partial charge is 0.257 e. The number of nitrogens with one attached hydrogen (secondary N) is 2. The van der Waals surface area contributed by atoms with Gasteiger partial charge in [0.05, 0.1) is 7.11 Å². The Balaban J connectivity index is 2.02. The maximum absolute atomic E-state index is 12.6. The molecule has 1 atom stereocenters. The number of aliphatic imine (C=N–C) groups is 1. The quantitative estimate of drug-likeness (QED) is 0.889. The summed E-state index contributed by atoms with van der Waals surface area (Å²) in [6.45, 7) is 2.78. The number of ether oxygens (including phenoxy) is 1. The van der Waals surface area contributed by atoms with Crippen molar-refractivity contribution in [2.24, 2.45) is 4.99 Å². The van der Waals surface area contributed by atoms with E-state index in [0.29, 0.717) is 12.5 Å². The number of carbonyl (C=O) groups is 1. The summed E-state index contributed by atoms with van der Waals surface area (Å²) in [5, 5.41) is 6.22. The Labute approximate surface area is 124 Å². The van der Waals surface area contributed by atoms with Gasteiger partial charge >= 0.3 is 0 Å². The van der Waals surface area contributed by atoms with Crippen LogP contribution >= 0.6 is 0 Å². The Bertz CT molecular complexity index is 597. The second-order valence-corrected chi connectivity index (χ2v) is 5.59. The topological polar surface area (TPSA) is 62.7 Å². The Kier molecular flexibility index (Phi) is 3.57. The molecule has 1 spiro atoms. The number of rotatable bonds is 3. The normalized spacial score (nSPS) is 25.6. The maximum atomic E-state index is 12.6. The van der Waals surface area contributed by atoms with E-state index in [-0.39, 0.29) is 5.91 Å². The van der Waals surface area contributed by atoms with Crippen LogP contribution in [0.1, 0.15) is 37.3 Å². The van der Waals surface area contributed by atoms with Gasteiger partial charge in [0.2, 0.25) is 0 Å². The number of hydrogen-bond acceptors (Lipinski definition) is 3. The number of methoxy groups -OCH3 is 1. The van der Waals surface area contributed by atoms with Crippen LogP contribution in [0.25, 0.3) is 0 Å². The predicted molar refractivity (Wildman–Crippen MR) is 81.5 cm³/mol. The largest absolute Gasteiger partial charge is 0.497 e. The molecular weight excluding hydrogens is 266 g/mol. The van der Waals surface area contributed by atoms with Crippen LogP contribution in [-0.2, 0) is 16.8 Å². The van der Waals surface area contributed by atoms with Gasteiger partial charge in [-0.2, -0.15) is 0 Å². The van der Waals surface area contributed by atoms with Crippen molar-refractivity contribution < 1.29 is 9.53 Å². The fourth-order valence-corrected chi connectivity index (χ4v) is 3.15. The Morgan fingerprint density at radius 1 is 1.43 bits per heavy atom. The summed E-state index contributed by atoms with van der Waals surface area (Å²) in [6.07, 6.45) is 3.72. The van der Waals surface area contributed by atoms with Gasteiger partial charge in [0.25, 0.3) is 5.91 Å². The van der Waals surface area contributed by atoms with Crippen LogP contribution in [0.15, 0.2) is 23.2 Å². The average molecular weight is 287 g/mol. The zero-order valence-electron chi connectivity index (χ0n) is 12.5. The third-order valence-electron chi connectivity index (χ3n) is 4.22. The molecule has 5 nitrogen and oxygen atoms in total. The van der Waals surface area contributed by atoms with Crippen molar-refractivity contribution in [1.29, 1.82) is 0 Å². The standard InChI is InChI=1S/C16H21N3O2/c1-3-9-17-15-18-14(20)16(19-15)8-4-5-11-6-7-12(21-2)10-13(11)16/h6-7,10H,3-5,8-9H2,1-2H3,(H2,17,18,19,20). The van der Waals surface area contributed by atoms with Gasteiger partial charge in [-0.15, -0.1) is 0 Å². The second-order valence-electron chi connectivity index (χ2n) is 5.59. The third-order valence-corrected chi connectivity index (χ3v) is 4.22. The highest BCUT2D eigenvalue weighted by molar-refractivity contribution is 6.09. The molecule has 0 bridgehead atoms. The molecule has 0 radical (unpaired) electrons. The van der Waals surface area contributed by atoms with E-state index < -0.39 is 5.54 Å². The third kappa shape index (κ3) is 2.26. The van der Waals surface area contributed by atoms with E-state index in [1.807, 2.05) is 12.1 Å². The van der Waals surface area contributed by atoms with Crippen molar-refractivity contribution in [1.82, 2.24) is 10.6 Å². The molecule has 1 aliphatic carbocycles. The van der Waals surface area contributed by atoms with E-state index in [0.717, 1.165) is 37.0 Å². The van der Waals surface area contributed by atoms with Crippen molar-refractivity contribution >= 4 is 11.9 Å². The van der Waals surface area contributed by atoms with Crippen LogP contribution in [-0.4, -0.2) is 25.5 Å². The number of nitrogens with zero attached hydrogens (tertiary/aromatic N) is 1. The van der Waals surface area contributed by atoms with Crippen LogP contribution in [0.3, 0.4) is 0 Å². The van der Waals surface area contributed by atoms with E-state index in [1.54, 1.807) is 7.11 Å². The Morgan fingerprint density at radius 2 is 2.29 bits per heavy atom. The molecule has 1 unspecified atom stereocenters. The molecule has 2 aliphatic rings. The minimum Gasteiger partial charge on any atom is -0.497 e. The minimum atomic E-state index is -0.686. The van der Waals surface area contributed by atoms with Gasteiger partial charge in [-0.3, -0.25) is 15.1 Å². The summed E-state index contributed by atoms with van der Waals surface area (Å²) in [4.78, 5) is 17.0. The van der Waals surface area contributed by atoms with Gasteiger partial charge < -0.3 is 10.1 Å². The van der Waals surface area contributed by atoms with Crippen LogP contribution in [0.2, 0.25) is 0 Å². The molecule has 1 aromatic carbocycles. The first-order valence-electron chi connectivity index (χ1n) is 7.51. The number of aryl methyl sites for hydroxylation is 1. The van der Waals surface area contributed by atoms with Crippen molar-refractivity contribution in [3.05, 3.63) is 29.3 Å². The van der Waals surface area contributed by atoms with E-state index in [9.17, 15) is 4.79 Å². The molecule has 1 heterocycles. The molecule has 1 saturated heterocycles. The molecular formula is C16H21N3O2. The lowest BCUT2D eigenvalue weighted by Gasteiger charge is -2.33. The van der Waals surface area contributed by atoms with Gasteiger partial charge in [-0.25, -0.2) is 0 Å². The summed E-state index contributed by atoms with van der Waals surface area (Å²) in [7, 11) is 1.65. The maximum Gasteiger partial charge on any atom is 0.257 e. The molecule has 112 valence electrons. The average Bonchev–Trinajstić information content (AvgIpc) is 2.82. The molecule has 1 aliphatic heterocycles. The highest BCUT2D eigenvalue weighted by Crippen LogP contribution is 2.39. The van der Waals surface area contributed by atoms with Crippen molar-refractivity contribution in [2.75, 3.05) is 13.7 Å². The zero-order chi connectivity index (χ0) is 14.9. The molecule has 1 amide bonds. The summed E-state index contributed by atoms with van der Waals surface area (Å²) in [5.41, 5.74) is 1.54. The summed E-state index contributed by atoms with van der Waals surface area (Å²) >= 11 is 0. The van der Waals surface area contributed by atoms with Crippen LogP contribution in [0.5, 0.6) is 5.75 Å². The van der Waals surface area contributed by atoms with Crippen molar-refractivity contribution in [2.45, 2.75) is 38.1 Å². The summed E-state index contributed by atoms with van der Waals surface area (Å²) < 4.78 is 5.32. The first-order chi connectivity index (χ1) is 10.2. The van der Waals surface area contributed by atoms with Crippen molar-refractivity contribution in [3.8, 4) is 5.75 Å². The zero-order valence-corrected chi connectivity index (χ0v) is 12.5. The summed E-state index contributed by atoms with van der Waals surface area (Å²) in [6, 6.07) is 5.99. The van der Waals surface area contributed by atoms with Crippen molar-refractivity contribution in [3.63, 3.8) is 0 Å². The first-order valence-corrected chi connectivity index (χ1v) is 7.51. The monoisotopic (exact) mass is 287 g/mol. The second kappa shape index (κ2) is 5.39. The molecule has 21 heavy (non-hydrogen) atoms. The van der Waals surface area contributed by atoms with E-state index in [1.165, 1.54) is 5.56 Å². The number of carbonyl (C=O) groups excluding carboxylic acids is 1. The fourth-order valence-electron chi connectivity index (χ4n) is 3.15. The molecule has 1 fully saturated rings. The SMILES string of the molecule is CCCN=C1NC(=O)C2(CCCc3ccc(OC)cc32)N1. The van der Waals surface area contributed by atoms with Gasteiger partial charge in [0.1, 0.15) is 11.3 Å². The fraction of sp³-hybridized carbons (Fsp3) is 0.500. The lowest BCUT2D eigenvalue weighted by atomic mass is 9.76. The molecule has 5 heteroatoms. The molecule has 1 aromatic rings. The Hall–Kier alpha value is -2.04. The van der Waals surface area contributed by atoms with E-state index >= 15 is 0 Å². The van der Waals surface area contributed by atoms with Gasteiger partial charge in [0.15, 0.2) is 5.96 Å². The number of hydrogen-bond donors (Lipinski definition) is 2. The Morgan fingerprint density at radius 3 is 3.05 bits per heavy atom. The van der Waals surface area contributed by atoms with Gasteiger partial charge in [-0.05, 0) is 48.9 Å². The lowest BCUT2D eigenvalue weighted by molar-refractivity contribution is -0.124. The highest BCUT2D eigenvalue weighted by atomic mass is 16.5. The molecule has 2 N–H and O–H groups in total. The number of benzene rings is 1. The van der Waals surface area contributed by atoms with Crippen LogP contribution < -0.4 is 15.4 Å². The van der Waals surface area contributed by atoms with E-state index in [2.05, 4.69) is 28.6 Å². The van der Waals surface area contributed by atoms with Gasteiger partial charge in [-0.1, -0.05) is 13.0 Å². The minimum absolute atomic E-state index is 0.00782. The molecule has 0 saturated carbocycles. The number of guanidine groups is 1. The number of fused-ring (bicyclic) bond motifs is 2. The molecule has 0 aromatic heterocycles. The predicted octanol–water partition coefficient (Wildman–Crippen LogP) is 1.71. The van der Waals surface area contributed by atoms with Crippen LogP contribution in [0, 0.1) is 0 Å². The highest BCUT2D eigenvalue weighted by Gasteiger charge is 2.48. The lowest BCUT2D eigenvalue weighted by Crippen LogP contribution is -2.46. The molecule has 3 rings (SSSR count). The van der Waals surface area contributed by atoms with E-state index in [4.69, 9.17) is 4.74 Å². The van der Waals surface area contributed by atoms with Crippen LogP contribution in [0.4, 0.5) is 0 Å². The van der Waals surface area contributed by atoms with Gasteiger partial charge in [0, 0.05) is 6.54 Å². The first kappa shape index (κ1) is 13.9.